The van der Waals surface area contributed by atoms with Crippen molar-refractivity contribution in [2.75, 3.05) is 13.7 Å². The molecule has 0 saturated carbocycles. The molecule has 1 rings (SSSR count). The number of methoxy groups -OCH3 is 1. The Bertz CT molecular complexity index is 555. The Hall–Kier alpha value is -0.850. The van der Waals surface area contributed by atoms with Crippen molar-refractivity contribution in [2.45, 2.75) is 24.8 Å². The molecule has 1 aromatic carbocycles. The molecule has 4 nitrogen and oxygen atoms in total. The molecule has 0 aromatic heterocycles. The highest BCUT2D eigenvalue weighted by Crippen LogP contribution is 2.30. The second kappa shape index (κ2) is 6.54. The predicted molar refractivity (Wildman–Crippen MR) is 79.9 cm³/mol. The van der Waals surface area contributed by atoms with E-state index in [4.69, 9.17) is 4.74 Å². The Morgan fingerprint density at radius 2 is 2.11 bits per heavy atom. The molecular weight excluding hydrogens is 330 g/mol. The minimum absolute atomic E-state index is 0.153. The molecule has 1 aromatic rings. The predicted octanol–water partition coefficient (Wildman–Crippen LogP) is 3.04. The number of rotatable bonds is 6. The van der Waals surface area contributed by atoms with Crippen LogP contribution in [0.25, 0.3) is 0 Å². The average Bonchev–Trinajstić information content (AvgIpc) is 2.35. The highest BCUT2D eigenvalue weighted by molar-refractivity contribution is 9.10. The maximum atomic E-state index is 12.7. The van der Waals surface area contributed by atoms with Crippen LogP contribution in [0.2, 0.25) is 0 Å². The zero-order valence-corrected chi connectivity index (χ0v) is 13.7. The standard InChI is InChI=1S/C13H18BrNO3S/c1-5-8-15(10(2)3)19(16,17)13-9-11(14)6-7-12(13)18-4/h5-7,9-10H,1,8H2,2-4H3. The number of hydrogen-bond donors (Lipinski definition) is 0. The summed E-state index contributed by atoms with van der Waals surface area (Å²) in [5.74, 6) is 0.331. The second-order valence-corrected chi connectivity index (χ2v) is 7.03. The van der Waals surface area contributed by atoms with Crippen molar-refractivity contribution < 1.29 is 13.2 Å². The monoisotopic (exact) mass is 347 g/mol. The van der Waals surface area contributed by atoms with E-state index in [9.17, 15) is 8.42 Å². The van der Waals surface area contributed by atoms with Crippen LogP contribution < -0.4 is 4.74 Å². The molecule has 0 aliphatic heterocycles. The lowest BCUT2D eigenvalue weighted by molar-refractivity contribution is 0.372. The fourth-order valence-corrected chi connectivity index (χ4v) is 4.00. The van der Waals surface area contributed by atoms with Crippen molar-refractivity contribution in [3.8, 4) is 5.75 Å². The SMILES string of the molecule is C=CCN(C(C)C)S(=O)(=O)c1cc(Br)ccc1OC. The van der Waals surface area contributed by atoms with Gasteiger partial charge in [0.1, 0.15) is 10.6 Å². The van der Waals surface area contributed by atoms with E-state index in [1.165, 1.54) is 11.4 Å². The Morgan fingerprint density at radius 3 is 2.58 bits per heavy atom. The van der Waals surface area contributed by atoms with Crippen LogP contribution in [0, 0.1) is 0 Å². The van der Waals surface area contributed by atoms with Crippen LogP contribution in [-0.4, -0.2) is 32.4 Å². The summed E-state index contributed by atoms with van der Waals surface area (Å²) >= 11 is 3.28. The van der Waals surface area contributed by atoms with Gasteiger partial charge in [-0.05, 0) is 32.0 Å². The van der Waals surface area contributed by atoms with E-state index in [0.29, 0.717) is 10.2 Å². The lowest BCUT2D eigenvalue weighted by atomic mass is 10.3. The van der Waals surface area contributed by atoms with E-state index < -0.39 is 10.0 Å². The summed E-state index contributed by atoms with van der Waals surface area (Å²) in [6.07, 6.45) is 1.57. The third kappa shape index (κ3) is 3.58. The zero-order valence-electron chi connectivity index (χ0n) is 11.3. The molecule has 106 valence electrons. The van der Waals surface area contributed by atoms with Gasteiger partial charge in [-0.15, -0.1) is 6.58 Å². The van der Waals surface area contributed by atoms with Gasteiger partial charge in [-0.1, -0.05) is 22.0 Å². The first-order valence-corrected chi connectivity index (χ1v) is 8.04. The highest BCUT2D eigenvalue weighted by Gasteiger charge is 2.29. The van der Waals surface area contributed by atoms with Crippen molar-refractivity contribution in [2.24, 2.45) is 0 Å². The number of sulfonamides is 1. The average molecular weight is 348 g/mol. The smallest absolute Gasteiger partial charge is 0.247 e. The van der Waals surface area contributed by atoms with Crippen LogP contribution >= 0.6 is 15.9 Å². The number of benzene rings is 1. The molecule has 0 heterocycles. The summed E-state index contributed by atoms with van der Waals surface area (Å²) in [5.41, 5.74) is 0. The molecule has 0 aliphatic carbocycles. The van der Waals surface area contributed by atoms with E-state index >= 15 is 0 Å². The van der Waals surface area contributed by atoms with Crippen LogP contribution in [0.1, 0.15) is 13.8 Å². The summed E-state index contributed by atoms with van der Waals surface area (Å²) in [6, 6.07) is 4.76. The minimum Gasteiger partial charge on any atom is -0.495 e. The van der Waals surface area contributed by atoms with Crippen molar-refractivity contribution >= 4 is 26.0 Å². The number of halogens is 1. The molecular formula is C13H18BrNO3S. The maximum absolute atomic E-state index is 12.7. The second-order valence-electron chi connectivity index (χ2n) is 4.25. The minimum atomic E-state index is -3.62. The molecule has 0 bridgehead atoms. The lowest BCUT2D eigenvalue weighted by Crippen LogP contribution is -2.37. The lowest BCUT2D eigenvalue weighted by Gasteiger charge is -2.25. The fraction of sp³-hybridized carbons (Fsp3) is 0.385. The van der Waals surface area contributed by atoms with Crippen molar-refractivity contribution in [1.82, 2.24) is 4.31 Å². The molecule has 0 N–H and O–H groups in total. The van der Waals surface area contributed by atoms with Gasteiger partial charge < -0.3 is 4.74 Å². The topological polar surface area (TPSA) is 46.6 Å². The Kier molecular flexibility index (Phi) is 5.58. The highest BCUT2D eigenvalue weighted by atomic mass is 79.9. The third-order valence-corrected chi connectivity index (χ3v) is 5.15. The van der Waals surface area contributed by atoms with Gasteiger partial charge in [0.25, 0.3) is 0 Å². The molecule has 0 unspecified atom stereocenters. The van der Waals surface area contributed by atoms with Gasteiger partial charge in [-0.3, -0.25) is 0 Å². The number of nitrogens with zero attached hydrogens (tertiary/aromatic N) is 1. The molecule has 6 heteroatoms. The molecule has 0 saturated heterocycles. The van der Waals surface area contributed by atoms with Gasteiger partial charge in [-0.2, -0.15) is 4.31 Å². The van der Waals surface area contributed by atoms with Gasteiger partial charge in [-0.25, -0.2) is 8.42 Å². The third-order valence-electron chi connectivity index (χ3n) is 2.60. The van der Waals surface area contributed by atoms with Gasteiger partial charge in [0.05, 0.1) is 7.11 Å². The van der Waals surface area contributed by atoms with E-state index in [2.05, 4.69) is 22.5 Å². The molecule has 0 radical (unpaired) electrons. The Morgan fingerprint density at radius 1 is 1.47 bits per heavy atom. The summed E-state index contributed by atoms with van der Waals surface area (Å²) < 4.78 is 32.6. The first-order valence-electron chi connectivity index (χ1n) is 5.81. The molecule has 0 spiro atoms. The van der Waals surface area contributed by atoms with Gasteiger partial charge in [0, 0.05) is 17.1 Å². The number of hydrogen-bond acceptors (Lipinski definition) is 3. The summed E-state index contributed by atoms with van der Waals surface area (Å²) in [4.78, 5) is 0.153. The first-order chi connectivity index (χ1) is 8.84. The van der Waals surface area contributed by atoms with Crippen LogP contribution in [0.5, 0.6) is 5.75 Å². The molecule has 19 heavy (non-hydrogen) atoms. The van der Waals surface area contributed by atoms with Crippen LogP contribution in [-0.2, 0) is 10.0 Å². The maximum Gasteiger partial charge on any atom is 0.247 e. The van der Waals surface area contributed by atoms with Crippen molar-refractivity contribution in [1.29, 1.82) is 0 Å². The quantitative estimate of drug-likeness (QED) is 0.743. The van der Waals surface area contributed by atoms with Crippen molar-refractivity contribution in [3.05, 3.63) is 35.3 Å². The molecule has 0 amide bonds. The van der Waals surface area contributed by atoms with Crippen LogP contribution in [0.4, 0.5) is 0 Å². The van der Waals surface area contributed by atoms with Crippen LogP contribution in [0.3, 0.4) is 0 Å². The molecule has 0 aliphatic rings. The summed E-state index contributed by atoms with van der Waals surface area (Å²) in [6.45, 7) is 7.51. The number of ether oxygens (including phenoxy) is 1. The first kappa shape index (κ1) is 16.2. The van der Waals surface area contributed by atoms with Crippen LogP contribution in [0.15, 0.2) is 40.2 Å². The normalized spacial score (nSPS) is 11.9. The molecule has 0 atom stereocenters. The van der Waals surface area contributed by atoms with E-state index in [0.717, 1.165) is 0 Å². The van der Waals surface area contributed by atoms with Gasteiger partial charge >= 0.3 is 0 Å². The summed E-state index contributed by atoms with van der Waals surface area (Å²) in [7, 11) is -2.17. The van der Waals surface area contributed by atoms with Gasteiger partial charge in [0.2, 0.25) is 10.0 Å². The van der Waals surface area contributed by atoms with E-state index in [1.54, 1.807) is 24.3 Å². The Labute approximate surface area is 123 Å². The van der Waals surface area contributed by atoms with Crippen molar-refractivity contribution in [3.63, 3.8) is 0 Å². The fourth-order valence-electron chi connectivity index (χ4n) is 1.69. The van der Waals surface area contributed by atoms with Gasteiger partial charge in [0.15, 0.2) is 0 Å². The van der Waals surface area contributed by atoms with E-state index in [-0.39, 0.29) is 17.5 Å². The molecule has 0 fully saturated rings. The van der Waals surface area contributed by atoms with E-state index in [1.807, 2.05) is 13.8 Å². The summed E-state index contributed by atoms with van der Waals surface area (Å²) in [5, 5.41) is 0. The Balaban J connectivity index is 3.40. The zero-order chi connectivity index (χ0) is 14.6. The largest absolute Gasteiger partial charge is 0.495 e.